The van der Waals surface area contributed by atoms with E-state index in [2.05, 4.69) is 15.2 Å². The quantitative estimate of drug-likeness (QED) is 0.459. The first kappa shape index (κ1) is 16.1. The molecule has 0 amide bonds. The van der Waals surface area contributed by atoms with Gasteiger partial charge in [0.15, 0.2) is 5.65 Å². The van der Waals surface area contributed by atoms with E-state index < -0.39 is 0 Å². The van der Waals surface area contributed by atoms with Crippen LogP contribution in [-0.2, 0) is 0 Å². The zero-order chi connectivity index (χ0) is 18.9. The van der Waals surface area contributed by atoms with Crippen LogP contribution in [0, 0.1) is 0 Å². The lowest BCUT2D eigenvalue weighted by atomic mass is 10.1. The fourth-order valence-electron chi connectivity index (χ4n) is 3.23. The van der Waals surface area contributed by atoms with Gasteiger partial charge in [0.25, 0.3) is 5.56 Å². The molecule has 3 aromatic carbocycles. The molecule has 0 aliphatic carbocycles. The lowest BCUT2D eigenvalue weighted by Crippen LogP contribution is -2.17. The van der Waals surface area contributed by atoms with Gasteiger partial charge in [0, 0.05) is 5.56 Å². The number of rotatable bonds is 3. The Morgan fingerprint density at radius 2 is 1.64 bits per heavy atom. The van der Waals surface area contributed by atoms with Crippen LogP contribution >= 0.6 is 0 Å². The van der Waals surface area contributed by atoms with Crippen molar-refractivity contribution >= 4 is 28.0 Å². The lowest BCUT2D eigenvalue weighted by molar-refractivity contribution is 0.809. The third-order valence-electron chi connectivity index (χ3n) is 4.62. The second kappa shape index (κ2) is 6.59. The number of hydrogen-bond acceptors (Lipinski definition) is 4. The number of nitrogens with zero attached hydrogens (tertiary/aromatic N) is 5. The van der Waals surface area contributed by atoms with E-state index in [1.807, 2.05) is 72.8 Å². The van der Waals surface area contributed by atoms with Gasteiger partial charge in [-0.2, -0.15) is 14.9 Å². The van der Waals surface area contributed by atoms with Crippen LogP contribution in [0.1, 0.15) is 5.56 Å². The first-order valence-electron chi connectivity index (χ1n) is 8.84. The summed E-state index contributed by atoms with van der Waals surface area (Å²) in [5.74, 6) is 0. The Bertz CT molecular complexity index is 1380. The number of aromatic nitrogens is 4. The number of hydrogen-bond donors (Lipinski definition) is 0. The van der Waals surface area contributed by atoms with E-state index in [-0.39, 0.29) is 5.56 Å². The second-order valence-electron chi connectivity index (χ2n) is 6.34. The highest BCUT2D eigenvalue weighted by atomic mass is 16.1. The van der Waals surface area contributed by atoms with E-state index in [0.717, 1.165) is 22.0 Å². The SMILES string of the molecule is O=c1c2cnn(-c3ccccc3)c2ncn1/N=C\c1cccc2ccccc12. The van der Waals surface area contributed by atoms with Crippen molar-refractivity contribution in [2.75, 3.05) is 0 Å². The Morgan fingerprint density at radius 1 is 0.857 bits per heavy atom. The summed E-state index contributed by atoms with van der Waals surface area (Å²) >= 11 is 0. The van der Waals surface area contributed by atoms with E-state index in [1.165, 1.54) is 17.2 Å². The fraction of sp³-hybridized carbons (Fsp3) is 0. The molecule has 0 bridgehead atoms. The molecule has 0 radical (unpaired) electrons. The van der Waals surface area contributed by atoms with E-state index in [1.54, 1.807) is 10.9 Å². The van der Waals surface area contributed by atoms with E-state index in [4.69, 9.17) is 0 Å². The molecule has 2 aromatic heterocycles. The molecule has 0 unspecified atom stereocenters. The van der Waals surface area contributed by atoms with Gasteiger partial charge in [-0.1, -0.05) is 60.7 Å². The van der Waals surface area contributed by atoms with Crippen LogP contribution in [0.5, 0.6) is 0 Å². The van der Waals surface area contributed by atoms with Gasteiger partial charge in [-0.05, 0) is 22.9 Å². The fourth-order valence-corrected chi connectivity index (χ4v) is 3.23. The van der Waals surface area contributed by atoms with Crippen LogP contribution in [-0.4, -0.2) is 25.7 Å². The molecule has 0 saturated carbocycles. The lowest BCUT2D eigenvalue weighted by Gasteiger charge is -2.03. The highest BCUT2D eigenvalue weighted by Crippen LogP contribution is 2.17. The summed E-state index contributed by atoms with van der Waals surface area (Å²) in [6, 6.07) is 23.6. The first-order chi connectivity index (χ1) is 13.8. The Hall–Kier alpha value is -4.06. The van der Waals surface area contributed by atoms with E-state index in [0.29, 0.717) is 11.0 Å². The van der Waals surface area contributed by atoms with Gasteiger partial charge in [0.05, 0.1) is 18.1 Å². The second-order valence-corrected chi connectivity index (χ2v) is 6.34. The van der Waals surface area contributed by atoms with Crippen molar-refractivity contribution < 1.29 is 0 Å². The summed E-state index contributed by atoms with van der Waals surface area (Å²) in [6.45, 7) is 0. The smallest absolute Gasteiger partial charge is 0.266 e. The van der Waals surface area contributed by atoms with Crippen molar-refractivity contribution in [1.29, 1.82) is 0 Å². The van der Waals surface area contributed by atoms with Crippen LogP contribution < -0.4 is 5.56 Å². The minimum atomic E-state index is -0.260. The Morgan fingerprint density at radius 3 is 2.54 bits per heavy atom. The predicted octanol–water partition coefficient (Wildman–Crippen LogP) is 3.62. The molecule has 0 aliphatic heterocycles. The third kappa shape index (κ3) is 2.68. The highest BCUT2D eigenvalue weighted by molar-refractivity contribution is 5.99. The van der Waals surface area contributed by atoms with Crippen LogP contribution in [0.2, 0.25) is 0 Å². The van der Waals surface area contributed by atoms with E-state index >= 15 is 0 Å². The van der Waals surface area contributed by atoms with Crippen LogP contribution in [0.3, 0.4) is 0 Å². The average Bonchev–Trinajstić information content (AvgIpc) is 3.19. The van der Waals surface area contributed by atoms with E-state index in [9.17, 15) is 4.79 Å². The van der Waals surface area contributed by atoms with Crippen molar-refractivity contribution in [1.82, 2.24) is 19.4 Å². The van der Waals surface area contributed by atoms with Gasteiger partial charge in [-0.3, -0.25) is 4.79 Å². The number of fused-ring (bicyclic) bond motifs is 2. The van der Waals surface area contributed by atoms with Crippen molar-refractivity contribution in [3.05, 3.63) is 101 Å². The monoisotopic (exact) mass is 365 g/mol. The standard InChI is InChI=1S/C22H15N5O/c28-22-20-14-25-27(18-10-2-1-3-11-18)21(20)23-15-26(22)24-13-17-9-6-8-16-7-4-5-12-19(16)17/h1-15H/b24-13-. The zero-order valence-corrected chi connectivity index (χ0v) is 14.8. The van der Waals surface area contributed by atoms with Crippen LogP contribution in [0.15, 0.2) is 95.2 Å². The molecule has 5 aromatic rings. The Labute approximate surface area is 160 Å². The average molecular weight is 365 g/mol. The maximum atomic E-state index is 12.8. The summed E-state index contributed by atoms with van der Waals surface area (Å²) < 4.78 is 2.89. The topological polar surface area (TPSA) is 65.1 Å². The molecule has 2 heterocycles. The Kier molecular flexibility index (Phi) is 3.80. The molecule has 0 aliphatic rings. The molecule has 0 spiro atoms. The van der Waals surface area contributed by atoms with Crippen molar-refractivity contribution in [3.8, 4) is 5.69 Å². The summed E-state index contributed by atoms with van der Waals surface area (Å²) in [5, 5.41) is 11.3. The first-order valence-corrected chi connectivity index (χ1v) is 8.84. The van der Waals surface area contributed by atoms with Gasteiger partial charge in [-0.15, -0.1) is 0 Å². The zero-order valence-electron chi connectivity index (χ0n) is 14.8. The maximum Gasteiger partial charge on any atom is 0.285 e. The molecule has 6 heteroatoms. The molecule has 6 nitrogen and oxygen atoms in total. The summed E-state index contributed by atoms with van der Waals surface area (Å²) in [6.07, 6.45) is 4.63. The highest BCUT2D eigenvalue weighted by Gasteiger charge is 2.11. The minimum Gasteiger partial charge on any atom is -0.266 e. The van der Waals surface area contributed by atoms with Crippen LogP contribution in [0.25, 0.3) is 27.5 Å². The van der Waals surface area contributed by atoms with Gasteiger partial charge in [-0.25, -0.2) is 9.67 Å². The molecule has 28 heavy (non-hydrogen) atoms. The molecule has 0 saturated heterocycles. The normalized spacial score (nSPS) is 11.6. The molecular formula is C22H15N5O. The third-order valence-corrected chi connectivity index (χ3v) is 4.62. The van der Waals surface area contributed by atoms with Gasteiger partial charge < -0.3 is 0 Å². The minimum absolute atomic E-state index is 0.260. The predicted molar refractivity (Wildman–Crippen MR) is 110 cm³/mol. The molecular weight excluding hydrogens is 350 g/mol. The van der Waals surface area contributed by atoms with Gasteiger partial charge in [0.2, 0.25) is 0 Å². The Balaban J connectivity index is 1.58. The van der Waals surface area contributed by atoms with Gasteiger partial charge >= 0.3 is 0 Å². The number of para-hydroxylation sites is 1. The van der Waals surface area contributed by atoms with Crippen LogP contribution in [0.4, 0.5) is 0 Å². The molecule has 0 atom stereocenters. The maximum absolute atomic E-state index is 12.8. The van der Waals surface area contributed by atoms with Gasteiger partial charge in [0.1, 0.15) is 11.7 Å². The summed E-state index contributed by atoms with van der Waals surface area (Å²) in [7, 11) is 0. The van der Waals surface area contributed by atoms with Crippen molar-refractivity contribution in [3.63, 3.8) is 0 Å². The van der Waals surface area contributed by atoms with Crippen molar-refractivity contribution in [2.45, 2.75) is 0 Å². The summed E-state index contributed by atoms with van der Waals surface area (Å²) in [5.41, 5.74) is 2.03. The number of benzene rings is 3. The molecule has 134 valence electrons. The van der Waals surface area contributed by atoms with Crippen molar-refractivity contribution in [2.24, 2.45) is 5.10 Å². The summed E-state index contributed by atoms with van der Waals surface area (Å²) in [4.78, 5) is 17.2. The largest absolute Gasteiger partial charge is 0.285 e. The molecule has 0 fully saturated rings. The molecule has 5 rings (SSSR count). The molecule has 0 N–H and O–H groups in total.